The van der Waals surface area contributed by atoms with Gasteiger partial charge in [-0.25, -0.2) is 8.78 Å². The van der Waals surface area contributed by atoms with Crippen LogP contribution in [0.25, 0.3) is 10.9 Å². The number of nitrogens with zero attached hydrogens (tertiary/aromatic N) is 1. The van der Waals surface area contributed by atoms with Crippen LogP contribution >= 0.6 is 0 Å². The average molecular weight is 450 g/mol. The molecule has 4 aromatic rings. The first-order valence-electron chi connectivity index (χ1n) is 11.2. The molecule has 0 aliphatic carbocycles. The lowest BCUT2D eigenvalue weighted by Gasteiger charge is -2.27. The lowest BCUT2D eigenvalue weighted by molar-refractivity contribution is 0.390. The van der Waals surface area contributed by atoms with E-state index in [0.29, 0.717) is 25.1 Å². The topological polar surface area (TPSA) is 63.2 Å². The molecule has 4 N–H and O–H groups in total. The van der Waals surface area contributed by atoms with Gasteiger partial charge in [-0.1, -0.05) is 31.2 Å². The first-order valence-corrected chi connectivity index (χ1v) is 11.2. The summed E-state index contributed by atoms with van der Waals surface area (Å²) in [5.41, 5.74) is 10.6. The summed E-state index contributed by atoms with van der Waals surface area (Å²) in [6.45, 7) is 3.39. The molecule has 6 heteroatoms. The van der Waals surface area contributed by atoms with Gasteiger partial charge in [-0.05, 0) is 65.9 Å². The predicted octanol–water partition coefficient (Wildman–Crippen LogP) is 5.09. The minimum atomic E-state index is -0.607. The number of aryl methyl sites for hydroxylation is 1. The molecule has 0 radical (unpaired) electrons. The van der Waals surface area contributed by atoms with Crippen LogP contribution in [0.3, 0.4) is 0 Å². The van der Waals surface area contributed by atoms with Crippen LogP contribution in [0.5, 0.6) is 5.75 Å². The molecule has 0 spiro atoms. The fourth-order valence-electron chi connectivity index (χ4n) is 4.36. The molecule has 0 fully saturated rings. The number of benzene rings is 3. The standard InChI is InChI=1S/C27H29F2N3O/c1-2-18-4-3-5-19(10-18)16-31-17-27(25(30)13-20-11-22(28)15-23(29)12-20)32-9-8-21-14-24(33)6-7-26(21)32/h3-12,14-15,25,27,31,33H,2,13,16-17,30H2,1H3. The summed E-state index contributed by atoms with van der Waals surface area (Å²) < 4.78 is 29.5. The average Bonchev–Trinajstić information content (AvgIpc) is 3.18. The van der Waals surface area contributed by atoms with Gasteiger partial charge in [0.15, 0.2) is 0 Å². The molecule has 4 rings (SSSR count). The smallest absolute Gasteiger partial charge is 0.126 e. The van der Waals surface area contributed by atoms with Crippen LogP contribution < -0.4 is 11.1 Å². The quantitative estimate of drug-likeness (QED) is 0.334. The van der Waals surface area contributed by atoms with E-state index in [-0.39, 0.29) is 11.8 Å². The minimum Gasteiger partial charge on any atom is -0.508 e. The number of fused-ring (bicyclic) bond motifs is 1. The van der Waals surface area contributed by atoms with E-state index < -0.39 is 17.7 Å². The van der Waals surface area contributed by atoms with Crippen molar-refractivity contribution in [1.82, 2.24) is 9.88 Å². The maximum atomic E-state index is 13.7. The van der Waals surface area contributed by atoms with Crippen molar-refractivity contribution in [2.75, 3.05) is 6.54 Å². The number of phenolic OH excluding ortho intramolecular Hbond substituents is 1. The Morgan fingerprint density at radius 2 is 1.70 bits per heavy atom. The highest BCUT2D eigenvalue weighted by molar-refractivity contribution is 5.81. The van der Waals surface area contributed by atoms with Crippen LogP contribution in [0.15, 0.2) is 72.9 Å². The Balaban J connectivity index is 1.58. The van der Waals surface area contributed by atoms with Crippen LogP contribution in [-0.2, 0) is 19.4 Å². The summed E-state index contributed by atoms with van der Waals surface area (Å²) in [6, 6.07) is 18.5. The summed E-state index contributed by atoms with van der Waals surface area (Å²) in [5.74, 6) is -1.01. The Bertz CT molecular complexity index is 1220. The third-order valence-corrected chi connectivity index (χ3v) is 6.03. The number of hydrogen-bond acceptors (Lipinski definition) is 3. The van der Waals surface area contributed by atoms with Crippen molar-refractivity contribution in [3.8, 4) is 5.75 Å². The van der Waals surface area contributed by atoms with Gasteiger partial charge in [0.05, 0.1) is 6.04 Å². The third kappa shape index (κ3) is 5.59. The number of aromatic nitrogens is 1. The molecular formula is C27H29F2N3O. The van der Waals surface area contributed by atoms with Crippen molar-refractivity contribution in [3.05, 3.63) is 101 Å². The maximum Gasteiger partial charge on any atom is 0.126 e. The Hall–Kier alpha value is -3.22. The minimum absolute atomic E-state index is 0.173. The normalized spacial score (nSPS) is 13.3. The van der Waals surface area contributed by atoms with Gasteiger partial charge in [-0.3, -0.25) is 0 Å². The monoisotopic (exact) mass is 449 g/mol. The molecule has 0 saturated heterocycles. The van der Waals surface area contributed by atoms with Crippen LogP contribution in [0, 0.1) is 11.6 Å². The molecule has 0 saturated carbocycles. The molecule has 4 nitrogen and oxygen atoms in total. The lowest BCUT2D eigenvalue weighted by atomic mass is 9.99. The SMILES string of the molecule is CCc1cccc(CNCC(C(N)Cc2cc(F)cc(F)c2)n2ccc3cc(O)ccc32)c1. The Morgan fingerprint density at radius 1 is 0.939 bits per heavy atom. The fourth-order valence-corrected chi connectivity index (χ4v) is 4.36. The highest BCUT2D eigenvalue weighted by Gasteiger charge is 2.22. The highest BCUT2D eigenvalue weighted by atomic mass is 19.1. The van der Waals surface area contributed by atoms with Gasteiger partial charge in [0, 0.05) is 42.3 Å². The van der Waals surface area contributed by atoms with Crippen molar-refractivity contribution >= 4 is 10.9 Å². The van der Waals surface area contributed by atoms with E-state index in [9.17, 15) is 13.9 Å². The molecule has 172 valence electrons. The van der Waals surface area contributed by atoms with Crippen LogP contribution in [0.4, 0.5) is 8.78 Å². The molecule has 0 aliphatic rings. The van der Waals surface area contributed by atoms with Crippen molar-refractivity contribution < 1.29 is 13.9 Å². The number of nitrogens with one attached hydrogen (secondary N) is 1. The molecule has 3 aromatic carbocycles. The maximum absolute atomic E-state index is 13.7. The van der Waals surface area contributed by atoms with E-state index in [2.05, 4.69) is 41.1 Å². The van der Waals surface area contributed by atoms with Gasteiger partial charge >= 0.3 is 0 Å². The molecule has 1 aromatic heterocycles. The highest BCUT2D eigenvalue weighted by Crippen LogP contribution is 2.26. The summed E-state index contributed by atoms with van der Waals surface area (Å²) in [7, 11) is 0. The number of phenols is 1. The van der Waals surface area contributed by atoms with E-state index >= 15 is 0 Å². The second-order valence-corrected chi connectivity index (χ2v) is 8.48. The van der Waals surface area contributed by atoms with Gasteiger partial charge in [-0.15, -0.1) is 0 Å². The zero-order chi connectivity index (χ0) is 23.4. The number of halogens is 2. The van der Waals surface area contributed by atoms with Crippen molar-refractivity contribution in [3.63, 3.8) is 0 Å². The lowest BCUT2D eigenvalue weighted by Crippen LogP contribution is -2.40. The van der Waals surface area contributed by atoms with Crippen LogP contribution in [0.1, 0.15) is 29.7 Å². The van der Waals surface area contributed by atoms with Crippen molar-refractivity contribution in [2.45, 2.75) is 38.4 Å². The molecule has 0 amide bonds. The second-order valence-electron chi connectivity index (χ2n) is 8.48. The second kappa shape index (κ2) is 10.1. The molecule has 0 bridgehead atoms. The Kier molecular flexibility index (Phi) is 7.06. The number of aromatic hydroxyl groups is 1. The van der Waals surface area contributed by atoms with Gasteiger partial charge in [0.2, 0.25) is 0 Å². The van der Waals surface area contributed by atoms with E-state index in [0.717, 1.165) is 23.4 Å². The van der Waals surface area contributed by atoms with Gasteiger partial charge < -0.3 is 20.7 Å². The molecule has 33 heavy (non-hydrogen) atoms. The van der Waals surface area contributed by atoms with Crippen LogP contribution in [-0.4, -0.2) is 22.3 Å². The predicted molar refractivity (Wildman–Crippen MR) is 128 cm³/mol. The fraction of sp³-hybridized carbons (Fsp3) is 0.259. The largest absolute Gasteiger partial charge is 0.508 e. The van der Waals surface area contributed by atoms with Crippen molar-refractivity contribution in [2.24, 2.45) is 5.73 Å². The van der Waals surface area contributed by atoms with Gasteiger partial charge in [0.1, 0.15) is 17.4 Å². The van der Waals surface area contributed by atoms with Gasteiger partial charge in [-0.2, -0.15) is 0 Å². The summed E-state index contributed by atoms with van der Waals surface area (Å²) in [4.78, 5) is 0. The van der Waals surface area contributed by atoms with Gasteiger partial charge in [0.25, 0.3) is 0 Å². The number of rotatable bonds is 9. The molecular weight excluding hydrogens is 420 g/mol. The van der Waals surface area contributed by atoms with Crippen LogP contribution in [0.2, 0.25) is 0 Å². The summed E-state index contributed by atoms with van der Waals surface area (Å²) in [6.07, 6.45) is 3.25. The molecule has 2 atom stereocenters. The van der Waals surface area contributed by atoms with E-state index in [4.69, 9.17) is 5.73 Å². The first-order chi connectivity index (χ1) is 15.9. The van der Waals surface area contributed by atoms with E-state index in [1.54, 1.807) is 12.1 Å². The summed E-state index contributed by atoms with van der Waals surface area (Å²) in [5, 5.41) is 14.2. The number of nitrogens with two attached hydrogens (primary N) is 1. The summed E-state index contributed by atoms with van der Waals surface area (Å²) >= 11 is 0. The molecule has 2 unspecified atom stereocenters. The molecule has 0 aliphatic heterocycles. The Morgan fingerprint density at radius 3 is 2.45 bits per heavy atom. The molecule has 1 heterocycles. The van der Waals surface area contributed by atoms with E-state index in [1.165, 1.54) is 23.3 Å². The third-order valence-electron chi connectivity index (χ3n) is 6.03. The van der Waals surface area contributed by atoms with Crippen molar-refractivity contribution in [1.29, 1.82) is 0 Å². The first kappa shape index (κ1) is 23.0. The zero-order valence-electron chi connectivity index (χ0n) is 18.6. The Labute approximate surface area is 192 Å². The number of hydrogen-bond donors (Lipinski definition) is 3. The van der Waals surface area contributed by atoms with E-state index in [1.807, 2.05) is 18.3 Å². The zero-order valence-corrected chi connectivity index (χ0v) is 18.6.